The van der Waals surface area contributed by atoms with Crippen LogP contribution in [0.25, 0.3) is 0 Å². The Morgan fingerprint density at radius 1 is 1.64 bits per heavy atom. The molecule has 0 spiro atoms. The minimum absolute atomic E-state index is 0.0275. The summed E-state index contributed by atoms with van der Waals surface area (Å²) in [7, 11) is 0. The van der Waals surface area contributed by atoms with Crippen molar-refractivity contribution in [3.63, 3.8) is 0 Å². The first-order valence-corrected chi connectivity index (χ1v) is 4.56. The van der Waals surface area contributed by atoms with Crippen LogP contribution in [0.2, 0.25) is 5.02 Å². The van der Waals surface area contributed by atoms with Gasteiger partial charge in [-0.1, -0.05) is 30.7 Å². The summed E-state index contributed by atoms with van der Waals surface area (Å²) in [4.78, 5) is 10.4. The van der Waals surface area contributed by atoms with Crippen LogP contribution in [0, 0.1) is 5.82 Å². The van der Waals surface area contributed by atoms with Crippen molar-refractivity contribution in [3.8, 4) is 0 Å². The molecule has 1 N–H and O–H groups in total. The zero-order chi connectivity index (χ0) is 10.7. The van der Waals surface area contributed by atoms with E-state index in [0.717, 1.165) is 0 Å². The Kier molecular flexibility index (Phi) is 3.47. The van der Waals surface area contributed by atoms with Gasteiger partial charge in [-0.05, 0) is 17.5 Å². The normalized spacial score (nSPS) is 12.5. The summed E-state index contributed by atoms with van der Waals surface area (Å²) in [5, 5.41) is 8.58. The van der Waals surface area contributed by atoms with Crippen molar-refractivity contribution in [2.24, 2.45) is 0 Å². The zero-order valence-corrected chi connectivity index (χ0v) is 8.38. The third-order valence-corrected chi connectivity index (χ3v) is 2.29. The molecule has 0 bridgehead atoms. The Hall–Kier alpha value is -1.09. The lowest BCUT2D eigenvalue weighted by Gasteiger charge is -2.10. The summed E-state index contributed by atoms with van der Waals surface area (Å²) in [5.41, 5.74) is 0.347. The van der Waals surface area contributed by atoms with Gasteiger partial charge in [-0.2, -0.15) is 0 Å². The van der Waals surface area contributed by atoms with Gasteiger partial charge < -0.3 is 5.11 Å². The second kappa shape index (κ2) is 4.42. The number of hydrogen-bond acceptors (Lipinski definition) is 1. The molecule has 76 valence electrons. The topological polar surface area (TPSA) is 37.3 Å². The fraction of sp³-hybridized carbons (Fsp3) is 0.300. The third kappa shape index (κ3) is 2.45. The number of aliphatic carboxylic acids is 1. The lowest BCUT2D eigenvalue weighted by Crippen LogP contribution is -2.04. The Labute approximate surface area is 86.3 Å². The largest absolute Gasteiger partial charge is 0.481 e. The van der Waals surface area contributed by atoms with E-state index >= 15 is 0 Å². The fourth-order valence-corrected chi connectivity index (χ4v) is 1.45. The van der Waals surface area contributed by atoms with Gasteiger partial charge in [0, 0.05) is 0 Å². The maximum absolute atomic E-state index is 13.4. The molecule has 2 nitrogen and oxygen atoms in total. The molecule has 0 aliphatic carbocycles. The molecule has 0 amide bonds. The van der Waals surface area contributed by atoms with Gasteiger partial charge in [-0.3, -0.25) is 4.79 Å². The van der Waals surface area contributed by atoms with Crippen molar-refractivity contribution in [2.75, 3.05) is 0 Å². The van der Waals surface area contributed by atoms with Crippen LogP contribution in [0.5, 0.6) is 0 Å². The van der Waals surface area contributed by atoms with Crippen LogP contribution in [-0.4, -0.2) is 11.1 Å². The maximum atomic E-state index is 13.4. The standard InChI is InChI=1S/C10H10ClFO2/c1-6(5-9(13)14)7-3-2-4-8(11)10(7)12/h2-4,6H,5H2,1H3,(H,13,14)/t6-/m0/s1. The van der Waals surface area contributed by atoms with E-state index in [0.29, 0.717) is 5.56 Å². The van der Waals surface area contributed by atoms with Crippen molar-refractivity contribution >= 4 is 17.6 Å². The number of halogens is 2. The van der Waals surface area contributed by atoms with E-state index in [1.165, 1.54) is 6.07 Å². The first kappa shape index (κ1) is 11.0. The quantitative estimate of drug-likeness (QED) is 0.843. The van der Waals surface area contributed by atoms with Gasteiger partial charge in [-0.25, -0.2) is 4.39 Å². The van der Waals surface area contributed by atoms with E-state index < -0.39 is 11.8 Å². The minimum atomic E-state index is -0.947. The molecule has 0 saturated carbocycles. The Bertz CT molecular complexity index is 352. The highest BCUT2D eigenvalue weighted by atomic mass is 35.5. The van der Waals surface area contributed by atoms with Crippen molar-refractivity contribution in [2.45, 2.75) is 19.3 Å². The molecule has 0 unspecified atom stereocenters. The van der Waals surface area contributed by atoms with E-state index in [2.05, 4.69) is 0 Å². The fourth-order valence-electron chi connectivity index (χ4n) is 1.27. The molecule has 0 fully saturated rings. The number of carboxylic acid groups (broad SMARTS) is 1. The molecule has 0 aliphatic heterocycles. The first-order chi connectivity index (χ1) is 6.52. The molecule has 0 heterocycles. The highest BCUT2D eigenvalue weighted by Gasteiger charge is 2.15. The summed E-state index contributed by atoms with van der Waals surface area (Å²) in [6, 6.07) is 4.60. The molecule has 4 heteroatoms. The smallest absolute Gasteiger partial charge is 0.303 e. The van der Waals surface area contributed by atoms with Gasteiger partial charge in [0.25, 0.3) is 0 Å². The second-order valence-corrected chi connectivity index (χ2v) is 3.55. The molecule has 1 atom stereocenters. The number of carbonyl (C=O) groups is 1. The molecule has 1 rings (SSSR count). The molecule has 0 saturated heterocycles. The van der Waals surface area contributed by atoms with Crippen LogP contribution >= 0.6 is 11.6 Å². The summed E-state index contributed by atoms with van der Waals surface area (Å²) < 4.78 is 13.4. The van der Waals surface area contributed by atoms with E-state index in [1.807, 2.05) is 0 Å². The van der Waals surface area contributed by atoms with Gasteiger partial charge in [-0.15, -0.1) is 0 Å². The second-order valence-electron chi connectivity index (χ2n) is 3.14. The molecule has 0 aliphatic rings. The van der Waals surface area contributed by atoms with Gasteiger partial charge in [0.2, 0.25) is 0 Å². The lowest BCUT2D eigenvalue weighted by molar-refractivity contribution is -0.137. The Balaban J connectivity index is 2.95. The van der Waals surface area contributed by atoms with Crippen molar-refractivity contribution in [3.05, 3.63) is 34.6 Å². The van der Waals surface area contributed by atoms with E-state index in [9.17, 15) is 9.18 Å². The monoisotopic (exact) mass is 216 g/mol. The SMILES string of the molecule is C[C@@H](CC(=O)O)c1cccc(Cl)c1F. The number of hydrogen-bond donors (Lipinski definition) is 1. The summed E-state index contributed by atoms with van der Waals surface area (Å²) in [6.45, 7) is 1.66. The number of carboxylic acids is 1. The van der Waals surface area contributed by atoms with Crippen LogP contribution in [0.4, 0.5) is 4.39 Å². The summed E-state index contributed by atoms with van der Waals surface area (Å²) in [6.07, 6.45) is -0.0999. The van der Waals surface area contributed by atoms with Crippen LogP contribution in [0.3, 0.4) is 0 Å². The van der Waals surface area contributed by atoms with Crippen LogP contribution in [-0.2, 0) is 4.79 Å². The van der Waals surface area contributed by atoms with Crippen LogP contribution < -0.4 is 0 Å². The summed E-state index contributed by atoms with van der Waals surface area (Å²) in [5.74, 6) is -1.84. The van der Waals surface area contributed by atoms with Crippen molar-refractivity contribution < 1.29 is 14.3 Å². The average Bonchev–Trinajstić information content (AvgIpc) is 2.08. The van der Waals surface area contributed by atoms with Gasteiger partial charge >= 0.3 is 5.97 Å². The minimum Gasteiger partial charge on any atom is -0.481 e. The molecular formula is C10H10ClFO2. The van der Waals surface area contributed by atoms with E-state index in [4.69, 9.17) is 16.7 Å². The van der Waals surface area contributed by atoms with E-state index in [1.54, 1.807) is 19.1 Å². The third-order valence-electron chi connectivity index (χ3n) is 1.99. The van der Waals surface area contributed by atoms with Crippen LogP contribution in [0.1, 0.15) is 24.8 Å². The average molecular weight is 217 g/mol. The molecule has 0 radical (unpaired) electrons. The van der Waals surface area contributed by atoms with Crippen molar-refractivity contribution in [1.29, 1.82) is 0 Å². The Morgan fingerprint density at radius 2 is 2.29 bits per heavy atom. The molecule has 1 aromatic rings. The van der Waals surface area contributed by atoms with Gasteiger partial charge in [0.05, 0.1) is 11.4 Å². The lowest BCUT2D eigenvalue weighted by atomic mass is 9.97. The maximum Gasteiger partial charge on any atom is 0.303 e. The molecule has 1 aromatic carbocycles. The summed E-state index contributed by atoms with van der Waals surface area (Å²) >= 11 is 5.57. The highest BCUT2D eigenvalue weighted by Crippen LogP contribution is 2.26. The predicted molar refractivity (Wildman–Crippen MR) is 52.1 cm³/mol. The van der Waals surface area contributed by atoms with E-state index in [-0.39, 0.29) is 17.4 Å². The Morgan fingerprint density at radius 3 is 2.86 bits per heavy atom. The van der Waals surface area contributed by atoms with Gasteiger partial charge in [0.15, 0.2) is 0 Å². The zero-order valence-electron chi connectivity index (χ0n) is 7.63. The van der Waals surface area contributed by atoms with Crippen molar-refractivity contribution in [1.82, 2.24) is 0 Å². The molecule has 0 aromatic heterocycles. The van der Waals surface area contributed by atoms with Crippen LogP contribution in [0.15, 0.2) is 18.2 Å². The number of benzene rings is 1. The van der Waals surface area contributed by atoms with Gasteiger partial charge in [0.1, 0.15) is 5.82 Å². The first-order valence-electron chi connectivity index (χ1n) is 4.18. The molecule has 14 heavy (non-hydrogen) atoms. The highest BCUT2D eigenvalue weighted by molar-refractivity contribution is 6.30. The number of rotatable bonds is 3. The molecular weight excluding hydrogens is 207 g/mol. The predicted octanol–water partition coefficient (Wildman–Crippen LogP) is 3.06.